The summed E-state index contributed by atoms with van der Waals surface area (Å²) in [5.74, 6) is 1.10. The average molecular weight is 321 g/mol. The van der Waals surface area contributed by atoms with Gasteiger partial charge in [0.25, 0.3) is 0 Å². The van der Waals surface area contributed by atoms with E-state index in [1.165, 1.54) is 17.5 Å². The Hall–Kier alpha value is -2.58. The first-order valence-electron chi connectivity index (χ1n) is 8.48. The molecular weight excluding hydrogens is 300 g/mol. The maximum Gasteiger partial charge on any atom is 0.250 e. The van der Waals surface area contributed by atoms with Crippen molar-refractivity contribution in [1.29, 1.82) is 5.26 Å². The number of methoxy groups -OCH3 is 1. The number of hydrogen-bond acceptors (Lipinski definition) is 3. The van der Waals surface area contributed by atoms with E-state index in [4.69, 9.17) is 4.74 Å². The van der Waals surface area contributed by atoms with Crippen molar-refractivity contribution in [3.63, 3.8) is 0 Å². The van der Waals surface area contributed by atoms with Gasteiger partial charge in [-0.25, -0.2) is 0 Å². The number of hydrogen-bond donors (Lipinski definition) is 2. The Morgan fingerprint density at radius 3 is 2.83 bits per heavy atom. The van der Waals surface area contributed by atoms with Gasteiger partial charge in [-0.15, -0.1) is 0 Å². The van der Waals surface area contributed by atoms with Crippen molar-refractivity contribution in [1.82, 2.24) is 4.98 Å². The highest BCUT2D eigenvalue weighted by Crippen LogP contribution is 2.31. The van der Waals surface area contributed by atoms with Gasteiger partial charge in [0.1, 0.15) is 22.7 Å². The van der Waals surface area contributed by atoms with E-state index in [1.807, 2.05) is 12.1 Å². The highest BCUT2D eigenvalue weighted by atomic mass is 16.5. The number of fused-ring (bicyclic) bond motifs is 4. The number of aromatic amines is 1. The molecule has 122 valence electrons. The summed E-state index contributed by atoms with van der Waals surface area (Å²) in [6.45, 7) is 1.40. The largest absolute Gasteiger partial charge is 0.381 e. The number of rotatable bonds is 4. The Balaban J connectivity index is 2.06. The molecule has 5 nitrogen and oxygen atoms in total. The minimum Gasteiger partial charge on any atom is -0.381 e. The molecule has 1 aliphatic carbocycles. The first-order valence-corrected chi connectivity index (χ1v) is 8.48. The molecule has 0 atom stereocenters. The first kappa shape index (κ1) is 15.0. The summed E-state index contributed by atoms with van der Waals surface area (Å²) in [5, 5.41) is 13.4. The van der Waals surface area contributed by atoms with Crippen LogP contribution in [0.15, 0.2) is 24.3 Å². The van der Waals surface area contributed by atoms with Crippen LogP contribution in [0.25, 0.3) is 16.7 Å². The van der Waals surface area contributed by atoms with E-state index in [9.17, 15) is 5.26 Å². The van der Waals surface area contributed by atoms with Gasteiger partial charge >= 0.3 is 0 Å². The number of imidazole rings is 1. The van der Waals surface area contributed by atoms with Crippen LogP contribution in [0.1, 0.15) is 29.5 Å². The molecule has 2 aromatic heterocycles. The second-order valence-electron chi connectivity index (χ2n) is 6.25. The zero-order valence-corrected chi connectivity index (χ0v) is 13.9. The molecule has 0 amide bonds. The summed E-state index contributed by atoms with van der Waals surface area (Å²) >= 11 is 0. The number of pyridine rings is 1. The summed E-state index contributed by atoms with van der Waals surface area (Å²) in [6, 6.07) is 10.7. The Morgan fingerprint density at radius 1 is 1.25 bits per heavy atom. The third-order valence-electron chi connectivity index (χ3n) is 4.85. The van der Waals surface area contributed by atoms with E-state index in [0.717, 1.165) is 53.9 Å². The number of benzene rings is 1. The molecule has 5 heteroatoms. The molecule has 0 saturated carbocycles. The lowest BCUT2D eigenvalue weighted by molar-refractivity contribution is -0.465. The van der Waals surface area contributed by atoms with E-state index in [2.05, 4.69) is 32.9 Å². The molecule has 4 rings (SSSR count). The topological polar surface area (TPSA) is 64.9 Å². The molecule has 1 aliphatic rings. The Bertz CT molecular complexity index is 952. The Morgan fingerprint density at radius 2 is 2.04 bits per heavy atom. The third kappa shape index (κ3) is 2.22. The molecule has 0 saturated heterocycles. The van der Waals surface area contributed by atoms with Crippen LogP contribution in [-0.2, 0) is 17.6 Å². The van der Waals surface area contributed by atoms with E-state index in [0.29, 0.717) is 6.61 Å². The van der Waals surface area contributed by atoms with Crippen LogP contribution in [-0.4, -0.2) is 25.2 Å². The van der Waals surface area contributed by atoms with Crippen LogP contribution in [0.2, 0.25) is 0 Å². The number of H-pyrrole nitrogens is 1. The molecule has 0 aliphatic heterocycles. The minimum absolute atomic E-state index is 0.652. The normalized spacial score (nSPS) is 13.8. The highest BCUT2D eigenvalue weighted by Gasteiger charge is 2.28. The summed E-state index contributed by atoms with van der Waals surface area (Å²) in [6.07, 6.45) is 4.31. The fourth-order valence-corrected chi connectivity index (χ4v) is 3.78. The van der Waals surface area contributed by atoms with Crippen LogP contribution in [0.4, 0.5) is 5.82 Å². The van der Waals surface area contributed by atoms with Gasteiger partial charge in [0.05, 0.1) is 13.2 Å². The van der Waals surface area contributed by atoms with Crippen molar-refractivity contribution in [3.05, 3.63) is 41.0 Å². The highest BCUT2D eigenvalue weighted by molar-refractivity contribution is 5.78. The molecule has 0 spiro atoms. The Labute approximate surface area is 140 Å². The van der Waals surface area contributed by atoms with Gasteiger partial charge in [-0.3, -0.25) is 4.98 Å². The second-order valence-corrected chi connectivity index (χ2v) is 6.25. The average Bonchev–Trinajstić information content (AvgIpc) is 3.00. The lowest BCUT2D eigenvalue weighted by Crippen LogP contribution is -2.32. The number of para-hydroxylation sites is 2. The second kappa shape index (κ2) is 6.14. The number of ether oxygens (including phenoxy) is 1. The maximum atomic E-state index is 9.80. The number of nitriles is 1. The molecule has 0 fully saturated rings. The van der Waals surface area contributed by atoms with Crippen molar-refractivity contribution in [2.75, 3.05) is 25.6 Å². The molecule has 0 unspecified atom stereocenters. The fraction of sp³-hybridized carbons (Fsp3) is 0.368. The zero-order valence-electron chi connectivity index (χ0n) is 13.9. The molecular formula is C19H21N4O+. The maximum absolute atomic E-state index is 9.80. The summed E-state index contributed by atoms with van der Waals surface area (Å²) in [5.41, 5.74) is 6.31. The van der Waals surface area contributed by atoms with E-state index < -0.39 is 0 Å². The number of anilines is 1. The molecule has 0 bridgehead atoms. The van der Waals surface area contributed by atoms with E-state index in [-0.39, 0.29) is 0 Å². The minimum atomic E-state index is 0.652. The summed E-state index contributed by atoms with van der Waals surface area (Å²) < 4.78 is 7.38. The standard InChI is InChI=1S/C19H20N4O/c1-24-11-10-21-18-14-7-3-2-6-13(14)15(12-20)19-22-16-8-4-5-9-17(16)23(18)19/h4-5,8-9H,2-3,6-7,10-11H2,1H3,(H,21,22)/p+1. The molecule has 24 heavy (non-hydrogen) atoms. The SMILES string of the molecule is COCCNc1c2c(c(C#N)c3[nH]c4ccccc4[n+]13)CCCC2. The van der Waals surface area contributed by atoms with Crippen LogP contribution in [0.3, 0.4) is 0 Å². The van der Waals surface area contributed by atoms with Crippen molar-refractivity contribution in [3.8, 4) is 6.07 Å². The monoisotopic (exact) mass is 321 g/mol. The molecule has 2 heterocycles. The predicted molar refractivity (Wildman–Crippen MR) is 93.2 cm³/mol. The molecule has 3 aromatic rings. The summed E-state index contributed by atoms with van der Waals surface area (Å²) in [4.78, 5) is 3.45. The van der Waals surface area contributed by atoms with E-state index in [1.54, 1.807) is 7.11 Å². The lowest BCUT2D eigenvalue weighted by Gasteiger charge is -2.19. The van der Waals surface area contributed by atoms with Gasteiger partial charge in [-0.2, -0.15) is 9.66 Å². The van der Waals surface area contributed by atoms with Crippen molar-refractivity contribution >= 4 is 22.5 Å². The van der Waals surface area contributed by atoms with Gasteiger partial charge in [0, 0.05) is 12.7 Å². The molecule has 2 N–H and O–H groups in total. The third-order valence-corrected chi connectivity index (χ3v) is 4.85. The van der Waals surface area contributed by atoms with Crippen molar-refractivity contribution in [2.24, 2.45) is 0 Å². The van der Waals surface area contributed by atoms with Crippen LogP contribution < -0.4 is 9.72 Å². The van der Waals surface area contributed by atoms with Crippen LogP contribution in [0.5, 0.6) is 0 Å². The lowest BCUT2D eigenvalue weighted by atomic mass is 9.89. The van der Waals surface area contributed by atoms with Crippen LogP contribution >= 0.6 is 0 Å². The van der Waals surface area contributed by atoms with Crippen molar-refractivity contribution in [2.45, 2.75) is 25.7 Å². The quantitative estimate of drug-likeness (QED) is 0.573. The summed E-state index contributed by atoms with van der Waals surface area (Å²) in [7, 11) is 1.71. The first-order chi connectivity index (χ1) is 11.8. The van der Waals surface area contributed by atoms with Gasteiger partial charge in [-0.05, 0) is 43.4 Å². The van der Waals surface area contributed by atoms with Gasteiger partial charge < -0.3 is 10.1 Å². The Kier molecular flexibility index (Phi) is 3.83. The zero-order chi connectivity index (χ0) is 16.5. The van der Waals surface area contributed by atoms with E-state index >= 15 is 0 Å². The van der Waals surface area contributed by atoms with Crippen LogP contribution in [0, 0.1) is 11.3 Å². The fourth-order valence-electron chi connectivity index (χ4n) is 3.78. The predicted octanol–water partition coefficient (Wildman–Crippen LogP) is 2.72. The van der Waals surface area contributed by atoms with Crippen molar-refractivity contribution < 1.29 is 9.14 Å². The molecule has 1 aromatic carbocycles. The molecule has 0 radical (unpaired) electrons. The van der Waals surface area contributed by atoms with Gasteiger partial charge in [0.15, 0.2) is 0 Å². The van der Waals surface area contributed by atoms with Gasteiger partial charge in [-0.1, -0.05) is 12.1 Å². The smallest absolute Gasteiger partial charge is 0.250 e. The number of nitrogens with one attached hydrogen (secondary N) is 2. The number of aromatic nitrogens is 2. The number of nitrogens with zero attached hydrogens (tertiary/aromatic N) is 2. The van der Waals surface area contributed by atoms with Gasteiger partial charge in [0.2, 0.25) is 11.5 Å².